The number of para-hydroxylation sites is 2. The van der Waals surface area contributed by atoms with E-state index in [-0.39, 0.29) is 18.3 Å². The molecule has 128 valence electrons. The Labute approximate surface area is 147 Å². The summed E-state index contributed by atoms with van der Waals surface area (Å²) in [5.74, 6) is 1.53. The number of aromatic nitrogens is 2. The number of hydrogen-bond acceptors (Lipinski definition) is 5. The number of carbonyl (C=O) groups is 1. The Bertz CT molecular complexity index is 717. The third-order valence-corrected chi connectivity index (χ3v) is 4.02. The Morgan fingerprint density at radius 3 is 2.83 bits per heavy atom. The number of ether oxygens (including phenoxy) is 1. The van der Waals surface area contributed by atoms with Crippen LogP contribution in [0.5, 0.6) is 5.75 Å². The monoisotopic (exact) mass is 348 g/mol. The predicted molar refractivity (Wildman–Crippen MR) is 95.2 cm³/mol. The van der Waals surface area contributed by atoms with Crippen LogP contribution < -0.4 is 15.4 Å². The van der Waals surface area contributed by atoms with E-state index in [2.05, 4.69) is 20.6 Å². The highest BCUT2D eigenvalue weighted by atomic mass is 35.5. The first-order chi connectivity index (χ1) is 11.2. The molecule has 1 atom stereocenters. The van der Waals surface area contributed by atoms with Crippen molar-refractivity contribution in [2.45, 2.75) is 19.3 Å². The van der Waals surface area contributed by atoms with Crippen LogP contribution >= 0.6 is 12.4 Å². The molecule has 1 unspecified atom stereocenters. The van der Waals surface area contributed by atoms with Crippen LogP contribution in [0.1, 0.15) is 34.2 Å². The number of hydrogen-bond donors (Lipinski definition) is 2. The summed E-state index contributed by atoms with van der Waals surface area (Å²) in [6, 6.07) is 7.30. The predicted octanol–water partition coefficient (Wildman–Crippen LogP) is 2.54. The minimum atomic E-state index is -0.233. The maximum Gasteiger partial charge on any atom is 0.259 e. The summed E-state index contributed by atoms with van der Waals surface area (Å²) in [7, 11) is 1.57. The highest BCUT2D eigenvalue weighted by Gasteiger charge is 2.21. The first-order valence-electron chi connectivity index (χ1n) is 7.67. The van der Waals surface area contributed by atoms with Crippen molar-refractivity contribution in [2.24, 2.45) is 0 Å². The molecule has 1 amide bonds. The zero-order valence-electron chi connectivity index (χ0n) is 13.7. The van der Waals surface area contributed by atoms with Crippen molar-refractivity contribution in [3.63, 3.8) is 0 Å². The van der Waals surface area contributed by atoms with Crippen molar-refractivity contribution in [1.29, 1.82) is 0 Å². The first-order valence-corrected chi connectivity index (χ1v) is 7.67. The molecule has 2 N–H and O–H groups in total. The minimum absolute atomic E-state index is 0. The molecule has 0 spiro atoms. The zero-order chi connectivity index (χ0) is 16.2. The molecular weight excluding hydrogens is 328 g/mol. The van der Waals surface area contributed by atoms with Gasteiger partial charge >= 0.3 is 0 Å². The molecule has 3 rings (SSSR count). The quantitative estimate of drug-likeness (QED) is 0.888. The standard InChI is InChI=1S/C17H20N4O2.ClH/c1-11-13(10-19-16(20-11)12-7-8-18-9-12)17(22)21-14-5-3-4-6-15(14)23-2;/h3-6,10,12,18H,7-9H2,1-2H3,(H,21,22);1H. The normalized spacial score (nSPS) is 16.3. The van der Waals surface area contributed by atoms with Crippen molar-refractivity contribution in [1.82, 2.24) is 15.3 Å². The lowest BCUT2D eigenvalue weighted by Gasteiger charge is -2.12. The number of amides is 1. The summed E-state index contributed by atoms with van der Waals surface area (Å²) in [5.41, 5.74) is 1.79. The fourth-order valence-corrected chi connectivity index (χ4v) is 2.72. The van der Waals surface area contributed by atoms with Crippen LogP contribution in [0, 0.1) is 6.92 Å². The Balaban J connectivity index is 0.00000208. The summed E-state index contributed by atoms with van der Waals surface area (Å²) in [6.07, 6.45) is 2.65. The fraction of sp³-hybridized carbons (Fsp3) is 0.353. The van der Waals surface area contributed by atoms with Crippen LogP contribution in [0.2, 0.25) is 0 Å². The molecule has 0 aliphatic carbocycles. The zero-order valence-corrected chi connectivity index (χ0v) is 14.5. The molecule has 0 radical (unpaired) electrons. The minimum Gasteiger partial charge on any atom is -0.495 e. The number of anilines is 1. The highest BCUT2D eigenvalue weighted by Crippen LogP contribution is 2.24. The Hall–Kier alpha value is -2.18. The lowest BCUT2D eigenvalue weighted by Crippen LogP contribution is -2.17. The lowest BCUT2D eigenvalue weighted by molar-refractivity contribution is 0.102. The van der Waals surface area contributed by atoms with Crippen LogP contribution in [0.15, 0.2) is 30.5 Å². The number of aryl methyl sites for hydroxylation is 1. The molecular formula is C17H21ClN4O2. The topological polar surface area (TPSA) is 76.1 Å². The van der Waals surface area contributed by atoms with Gasteiger partial charge in [0.1, 0.15) is 11.6 Å². The van der Waals surface area contributed by atoms with E-state index in [4.69, 9.17) is 4.74 Å². The largest absolute Gasteiger partial charge is 0.495 e. The Kier molecular flexibility index (Phi) is 6.11. The molecule has 1 fully saturated rings. The summed E-state index contributed by atoms with van der Waals surface area (Å²) in [4.78, 5) is 21.4. The van der Waals surface area contributed by atoms with Gasteiger partial charge in [-0.1, -0.05) is 12.1 Å². The van der Waals surface area contributed by atoms with Gasteiger partial charge in [0.2, 0.25) is 0 Å². The van der Waals surface area contributed by atoms with Gasteiger partial charge in [-0.05, 0) is 32.0 Å². The molecule has 1 aliphatic rings. The van der Waals surface area contributed by atoms with Crippen LogP contribution in [-0.2, 0) is 0 Å². The SMILES string of the molecule is COc1ccccc1NC(=O)c1cnc(C2CCNC2)nc1C.Cl. The van der Waals surface area contributed by atoms with Crippen LogP contribution in [0.3, 0.4) is 0 Å². The van der Waals surface area contributed by atoms with E-state index < -0.39 is 0 Å². The fourth-order valence-electron chi connectivity index (χ4n) is 2.72. The molecule has 2 aromatic rings. The highest BCUT2D eigenvalue weighted by molar-refractivity contribution is 6.05. The Morgan fingerprint density at radius 1 is 1.38 bits per heavy atom. The number of rotatable bonds is 4. The molecule has 0 saturated carbocycles. The van der Waals surface area contributed by atoms with Gasteiger partial charge in [-0.15, -0.1) is 12.4 Å². The average molecular weight is 349 g/mol. The van der Waals surface area contributed by atoms with Gasteiger partial charge in [-0.3, -0.25) is 4.79 Å². The van der Waals surface area contributed by atoms with Gasteiger partial charge in [-0.2, -0.15) is 0 Å². The molecule has 0 bridgehead atoms. The van der Waals surface area contributed by atoms with E-state index in [1.54, 1.807) is 25.4 Å². The third-order valence-electron chi connectivity index (χ3n) is 4.02. The molecule has 2 heterocycles. The van der Waals surface area contributed by atoms with Gasteiger partial charge in [0.15, 0.2) is 0 Å². The number of halogens is 1. The van der Waals surface area contributed by atoms with Crippen molar-refractivity contribution in [3.05, 3.63) is 47.5 Å². The number of nitrogens with zero attached hydrogens (tertiary/aromatic N) is 2. The van der Waals surface area contributed by atoms with Gasteiger partial charge < -0.3 is 15.4 Å². The number of nitrogens with one attached hydrogen (secondary N) is 2. The summed E-state index contributed by atoms with van der Waals surface area (Å²) in [5, 5.41) is 6.15. The van der Waals surface area contributed by atoms with Crippen molar-refractivity contribution in [2.75, 3.05) is 25.5 Å². The summed E-state index contributed by atoms with van der Waals surface area (Å²) in [6.45, 7) is 3.72. The number of methoxy groups -OCH3 is 1. The smallest absolute Gasteiger partial charge is 0.259 e. The molecule has 1 aliphatic heterocycles. The van der Waals surface area contributed by atoms with E-state index >= 15 is 0 Å². The van der Waals surface area contributed by atoms with Crippen LogP contribution in [-0.4, -0.2) is 36.1 Å². The maximum atomic E-state index is 12.5. The number of benzene rings is 1. The molecule has 1 saturated heterocycles. The molecule has 7 heteroatoms. The molecule has 6 nitrogen and oxygen atoms in total. The Morgan fingerprint density at radius 2 is 2.17 bits per heavy atom. The van der Waals surface area contributed by atoms with E-state index in [9.17, 15) is 4.79 Å². The van der Waals surface area contributed by atoms with Crippen LogP contribution in [0.25, 0.3) is 0 Å². The second-order valence-electron chi connectivity index (χ2n) is 5.57. The second kappa shape index (κ2) is 8.08. The maximum absolute atomic E-state index is 12.5. The molecule has 1 aromatic carbocycles. The van der Waals surface area contributed by atoms with Gasteiger partial charge in [0.25, 0.3) is 5.91 Å². The third kappa shape index (κ3) is 3.83. The second-order valence-corrected chi connectivity index (χ2v) is 5.57. The van der Waals surface area contributed by atoms with Gasteiger partial charge in [0, 0.05) is 18.7 Å². The van der Waals surface area contributed by atoms with E-state index in [0.717, 1.165) is 25.3 Å². The lowest BCUT2D eigenvalue weighted by atomic mass is 10.1. The first kappa shape index (κ1) is 18.2. The number of carbonyl (C=O) groups excluding carboxylic acids is 1. The van der Waals surface area contributed by atoms with E-state index in [1.807, 2.05) is 19.1 Å². The van der Waals surface area contributed by atoms with Crippen molar-refractivity contribution >= 4 is 24.0 Å². The average Bonchev–Trinajstić information content (AvgIpc) is 3.09. The molecule has 24 heavy (non-hydrogen) atoms. The summed E-state index contributed by atoms with van der Waals surface area (Å²) >= 11 is 0. The van der Waals surface area contributed by atoms with Crippen LogP contribution in [0.4, 0.5) is 5.69 Å². The van der Waals surface area contributed by atoms with Gasteiger partial charge in [-0.25, -0.2) is 9.97 Å². The van der Waals surface area contributed by atoms with Crippen molar-refractivity contribution in [3.8, 4) is 5.75 Å². The van der Waals surface area contributed by atoms with Crippen molar-refractivity contribution < 1.29 is 9.53 Å². The molecule has 1 aromatic heterocycles. The van der Waals surface area contributed by atoms with Gasteiger partial charge in [0.05, 0.1) is 24.1 Å². The van der Waals surface area contributed by atoms with E-state index in [1.165, 1.54) is 0 Å². The summed E-state index contributed by atoms with van der Waals surface area (Å²) < 4.78 is 5.25. The van der Waals surface area contributed by atoms with E-state index in [0.29, 0.717) is 28.6 Å².